The van der Waals surface area contributed by atoms with Crippen molar-refractivity contribution in [3.05, 3.63) is 66.2 Å². The van der Waals surface area contributed by atoms with Crippen LogP contribution in [-0.2, 0) is 4.74 Å². The fourth-order valence-electron chi connectivity index (χ4n) is 4.54. The Morgan fingerprint density at radius 3 is 2.65 bits per heavy atom. The summed E-state index contributed by atoms with van der Waals surface area (Å²) in [7, 11) is 0. The average molecular weight is 501 g/mol. The monoisotopic (exact) mass is 500 g/mol. The number of nitrogens with one attached hydrogen (secondary N) is 3. The first-order valence-corrected chi connectivity index (χ1v) is 12.5. The van der Waals surface area contributed by atoms with Gasteiger partial charge >= 0.3 is 6.03 Å². The Labute approximate surface area is 215 Å². The van der Waals surface area contributed by atoms with Crippen LogP contribution in [-0.4, -0.2) is 60.6 Å². The van der Waals surface area contributed by atoms with Gasteiger partial charge < -0.3 is 25.8 Å². The zero-order valence-corrected chi connectivity index (χ0v) is 20.9. The second-order valence-electron chi connectivity index (χ2n) is 9.15. The lowest BCUT2D eigenvalue weighted by Crippen LogP contribution is -2.37. The number of ether oxygens (including phenoxy) is 2. The summed E-state index contributed by atoms with van der Waals surface area (Å²) in [6.07, 6.45) is 0.929. The van der Waals surface area contributed by atoms with Crippen molar-refractivity contribution >= 4 is 34.1 Å². The number of H-pyrrole nitrogens is 1. The standard InChI is InChI=1S/C28H32N6O3/c1-19-4-2-5-22(18-19)31-28(35)30-21-8-6-20(7-9-21)23-10-11-24(26-25(23)27(29)33-32-26)37-15-3-12-34-13-16-36-17-14-34/h2,4-11,18H,3,12-17H2,1H3,(H3,29,32,33)(H2,30,31,35). The third kappa shape index (κ3) is 6.02. The first kappa shape index (κ1) is 24.6. The number of morpholine rings is 1. The Hall–Kier alpha value is -4.08. The fraction of sp³-hybridized carbons (Fsp3) is 0.286. The summed E-state index contributed by atoms with van der Waals surface area (Å²) in [6, 6.07) is 18.9. The molecule has 1 saturated heterocycles. The largest absolute Gasteiger partial charge is 0.491 e. The van der Waals surface area contributed by atoms with Gasteiger partial charge in [-0.15, -0.1) is 0 Å². The van der Waals surface area contributed by atoms with E-state index in [4.69, 9.17) is 15.2 Å². The van der Waals surface area contributed by atoms with Crippen LogP contribution in [0.3, 0.4) is 0 Å². The number of aryl methyl sites for hydroxylation is 1. The van der Waals surface area contributed by atoms with E-state index in [1.807, 2.05) is 67.6 Å². The highest BCUT2D eigenvalue weighted by Gasteiger charge is 2.15. The van der Waals surface area contributed by atoms with Gasteiger partial charge in [0, 0.05) is 31.0 Å². The number of nitrogens with zero attached hydrogens (tertiary/aromatic N) is 2. The molecular formula is C28H32N6O3. The van der Waals surface area contributed by atoms with E-state index in [-0.39, 0.29) is 6.03 Å². The molecule has 3 aromatic carbocycles. The summed E-state index contributed by atoms with van der Waals surface area (Å²) in [5.74, 6) is 1.15. The summed E-state index contributed by atoms with van der Waals surface area (Å²) in [4.78, 5) is 14.8. The van der Waals surface area contributed by atoms with Crippen LogP contribution in [0.4, 0.5) is 22.0 Å². The van der Waals surface area contributed by atoms with Crippen LogP contribution in [0.5, 0.6) is 5.75 Å². The number of aromatic amines is 1. The van der Waals surface area contributed by atoms with Crippen molar-refractivity contribution in [1.82, 2.24) is 15.1 Å². The number of aromatic nitrogens is 2. The van der Waals surface area contributed by atoms with Crippen LogP contribution in [0.25, 0.3) is 22.0 Å². The minimum atomic E-state index is -0.296. The van der Waals surface area contributed by atoms with Crippen molar-refractivity contribution < 1.29 is 14.3 Å². The summed E-state index contributed by atoms with van der Waals surface area (Å²) < 4.78 is 11.5. The molecule has 1 fully saturated rings. The molecule has 2 heterocycles. The van der Waals surface area contributed by atoms with E-state index in [0.717, 1.165) is 78.3 Å². The second kappa shape index (κ2) is 11.3. The molecule has 5 N–H and O–H groups in total. The Kier molecular flexibility index (Phi) is 7.53. The molecule has 1 aromatic heterocycles. The van der Waals surface area contributed by atoms with Crippen LogP contribution in [0.2, 0.25) is 0 Å². The Balaban J connectivity index is 1.24. The minimum Gasteiger partial charge on any atom is -0.491 e. The maximum absolute atomic E-state index is 12.4. The Bertz CT molecular complexity index is 1360. The van der Waals surface area contributed by atoms with E-state index in [2.05, 4.69) is 25.7 Å². The number of hydrogen-bond donors (Lipinski definition) is 4. The van der Waals surface area contributed by atoms with Gasteiger partial charge in [0.25, 0.3) is 0 Å². The molecule has 4 aromatic rings. The second-order valence-corrected chi connectivity index (χ2v) is 9.15. The van der Waals surface area contributed by atoms with E-state index in [9.17, 15) is 4.79 Å². The van der Waals surface area contributed by atoms with Crippen molar-refractivity contribution in [2.45, 2.75) is 13.3 Å². The number of anilines is 3. The van der Waals surface area contributed by atoms with Crippen LogP contribution < -0.4 is 21.1 Å². The molecule has 0 aliphatic carbocycles. The third-order valence-corrected chi connectivity index (χ3v) is 6.42. The Morgan fingerprint density at radius 2 is 1.86 bits per heavy atom. The van der Waals surface area contributed by atoms with Crippen molar-refractivity contribution in [3.63, 3.8) is 0 Å². The minimum absolute atomic E-state index is 0.296. The van der Waals surface area contributed by atoms with E-state index in [1.165, 1.54) is 0 Å². The molecule has 9 heteroatoms. The number of fused-ring (bicyclic) bond motifs is 1. The van der Waals surface area contributed by atoms with Crippen molar-refractivity contribution in [2.24, 2.45) is 0 Å². The zero-order chi connectivity index (χ0) is 25.6. The summed E-state index contributed by atoms with van der Waals surface area (Å²) in [5, 5.41) is 13.8. The highest BCUT2D eigenvalue weighted by atomic mass is 16.5. The first-order valence-electron chi connectivity index (χ1n) is 12.5. The molecule has 2 amide bonds. The molecule has 0 atom stereocenters. The molecule has 37 heavy (non-hydrogen) atoms. The molecule has 0 radical (unpaired) electrons. The number of carbonyl (C=O) groups is 1. The zero-order valence-electron chi connectivity index (χ0n) is 20.9. The SMILES string of the molecule is Cc1cccc(NC(=O)Nc2ccc(-c3ccc(OCCCN4CCOCC4)c4[nH]nc(N)c34)cc2)c1. The fourth-order valence-corrected chi connectivity index (χ4v) is 4.54. The molecule has 1 aliphatic rings. The normalized spacial score (nSPS) is 14.0. The van der Waals surface area contributed by atoms with Gasteiger partial charge in [0.05, 0.1) is 25.2 Å². The lowest BCUT2D eigenvalue weighted by Gasteiger charge is -2.26. The van der Waals surface area contributed by atoms with Crippen molar-refractivity contribution in [2.75, 3.05) is 55.8 Å². The maximum Gasteiger partial charge on any atom is 0.323 e. The van der Waals surface area contributed by atoms with E-state index in [0.29, 0.717) is 18.1 Å². The summed E-state index contributed by atoms with van der Waals surface area (Å²) >= 11 is 0. The number of hydrogen-bond acceptors (Lipinski definition) is 6. The van der Waals surface area contributed by atoms with Gasteiger partial charge in [-0.05, 0) is 66.4 Å². The van der Waals surface area contributed by atoms with E-state index in [1.54, 1.807) is 0 Å². The van der Waals surface area contributed by atoms with Gasteiger partial charge in [-0.3, -0.25) is 10.00 Å². The lowest BCUT2D eigenvalue weighted by atomic mass is 10.0. The third-order valence-electron chi connectivity index (χ3n) is 6.42. The number of nitrogens with two attached hydrogens (primary N) is 1. The smallest absolute Gasteiger partial charge is 0.323 e. The molecule has 1 aliphatic heterocycles. The molecule has 0 spiro atoms. The highest BCUT2D eigenvalue weighted by Crippen LogP contribution is 2.36. The van der Waals surface area contributed by atoms with Crippen LogP contribution >= 0.6 is 0 Å². The number of benzene rings is 3. The molecule has 0 saturated carbocycles. The molecular weight excluding hydrogens is 468 g/mol. The van der Waals surface area contributed by atoms with E-state index < -0.39 is 0 Å². The topological polar surface area (TPSA) is 118 Å². The average Bonchev–Trinajstić information content (AvgIpc) is 3.30. The van der Waals surface area contributed by atoms with Gasteiger partial charge in [0.15, 0.2) is 5.82 Å². The van der Waals surface area contributed by atoms with Crippen LogP contribution in [0, 0.1) is 6.92 Å². The number of nitrogen functional groups attached to an aromatic ring is 1. The van der Waals surface area contributed by atoms with Crippen molar-refractivity contribution in [1.29, 1.82) is 0 Å². The molecule has 5 rings (SSSR count). The molecule has 0 bridgehead atoms. The lowest BCUT2D eigenvalue weighted by molar-refractivity contribution is 0.0358. The predicted molar refractivity (Wildman–Crippen MR) is 147 cm³/mol. The quantitative estimate of drug-likeness (QED) is 0.257. The number of carbonyl (C=O) groups excluding carboxylic acids is 1. The van der Waals surface area contributed by atoms with Crippen LogP contribution in [0.1, 0.15) is 12.0 Å². The van der Waals surface area contributed by atoms with Gasteiger partial charge in [0.2, 0.25) is 0 Å². The van der Waals surface area contributed by atoms with E-state index >= 15 is 0 Å². The van der Waals surface area contributed by atoms with Crippen LogP contribution in [0.15, 0.2) is 60.7 Å². The molecule has 0 unspecified atom stereocenters. The molecule has 9 nitrogen and oxygen atoms in total. The highest BCUT2D eigenvalue weighted by molar-refractivity contribution is 6.04. The predicted octanol–water partition coefficient (Wildman–Crippen LogP) is 4.87. The number of urea groups is 1. The van der Waals surface area contributed by atoms with Gasteiger partial charge in [-0.25, -0.2) is 4.79 Å². The molecule has 192 valence electrons. The summed E-state index contributed by atoms with van der Waals surface area (Å²) in [5.41, 5.74) is 11.4. The Morgan fingerprint density at radius 1 is 1.08 bits per heavy atom. The number of amides is 2. The van der Waals surface area contributed by atoms with Crippen molar-refractivity contribution in [3.8, 4) is 16.9 Å². The van der Waals surface area contributed by atoms with Gasteiger partial charge in [0.1, 0.15) is 11.3 Å². The first-order chi connectivity index (χ1) is 18.1. The number of rotatable bonds is 8. The van der Waals surface area contributed by atoms with Gasteiger partial charge in [-0.1, -0.05) is 24.3 Å². The summed E-state index contributed by atoms with van der Waals surface area (Å²) in [6.45, 7) is 7.12. The van der Waals surface area contributed by atoms with Gasteiger partial charge in [-0.2, -0.15) is 5.10 Å². The maximum atomic E-state index is 12.4.